The van der Waals surface area contributed by atoms with E-state index >= 15 is 0 Å². The Morgan fingerprint density at radius 3 is 1.53 bits per heavy atom. The summed E-state index contributed by atoms with van der Waals surface area (Å²) in [5, 5.41) is 0. The van der Waals surface area contributed by atoms with Gasteiger partial charge in [-0.25, -0.2) is 0 Å². The SMILES string of the molecule is C=C(/C=C(/C)O[Si](C)(C)C)O[Si](C)(C)C.CC. The smallest absolute Gasteiger partial charge is 0.242 e. The molecule has 0 aromatic rings. The average Bonchev–Trinajstić information content (AvgIpc) is 1.99. The van der Waals surface area contributed by atoms with E-state index in [1.165, 1.54) is 0 Å². The summed E-state index contributed by atoms with van der Waals surface area (Å²) in [5.74, 6) is 1.61. The molecule has 2 nitrogen and oxygen atoms in total. The number of hydrogen-bond donors (Lipinski definition) is 0. The third-order valence-corrected chi connectivity index (χ3v) is 3.08. The Kier molecular flexibility index (Phi) is 8.62. The lowest BCUT2D eigenvalue weighted by molar-refractivity contribution is 0.406. The van der Waals surface area contributed by atoms with Gasteiger partial charge in [-0.15, -0.1) is 0 Å². The van der Waals surface area contributed by atoms with Gasteiger partial charge in [-0.3, -0.25) is 0 Å². The Balaban J connectivity index is 0. The third-order valence-electron chi connectivity index (χ3n) is 1.27. The molecule has 0 aromatic carbocycles. The fourth-order valence-corrected chi connectivity index (χ4v) is 3.03. The summed E-state index contributed by atoms with van der Waals surface area (Å²) in [6.07, 6.45) is 1.89. The molecule has 102 valence electrons. The fraction of sp³-hybridized carbons (Fsp3) is 0.692. The molecule has 0 saturated heterocycles. The van der Waals surface area contributed by atoms with Crippen LogP contribution in [0.2, 0.25) is 39.3 Å². The summed E-state index contributed by atoms with van der Waals surface area (Å²) in [6.45, 7) is 22.7. The fourth-order valence-electron chi connectivity index (χ4n) is 1.16. The van der Waals surface area contributed by atoms with Crippen LogP contribution in [-0.2, 0) is 8.85 Å². The molecule has 17 heavy (non-hydrogen) atoms. The highest BCUT2D eigenvalue weighted by Crippen LogP contribution is 2.15. The van der Waals surface area contributed by atoms with Crippen LogP contribution in [0.5, 0.6) is 0 Å². The van der Waals surface area contributed by atoms with Crippen molar-refractivity contribution in [2.75, 3.05) is 0 Å². The summed E-state index contributed by atoms with van der Waals surface area (Å²) >= 11 is 0. The second kappa shape index (κ2) is 7.77. The molecule has 0 N–H and O–H groups in total. The number of hydrogen-bond acceptors (Lipinski definition) is 2. The average molecular weight is 275 g/mol. The van der Waals surface area contributed by atoms with E-state index in [0.717, 1.165) is 5.76 Å². The standard InChI is InChI=1S/C11H24O2Si2.C2H6/c1-10(12-14(3,4)5)9-11(2)13-15(6,7)8;1-2/h9H,1H2,2-8H3;1-2H3/b11-9-;. The van der Waals surface area contributed by atoms with E-state index in [0.29, 0.717) is 5.76 Å². The van der Waals surface area contributed by atoms with Gasteiger partial charge < -0.3 is 8.85 Å². The maximum Gasteiger partial charge on any atom is 0.242 e. The molecule has 0 aliphatic heterocycles. The van der Waals surface area contributed by atoms with Gasteiger partial charge in [-0.1, -0.05) is 20.4 Å². The summed E-state index contributed by atoms with van der Waals surface area (Å²) < 4.78 is 11.5. The first-order valence-electron chi connectivity index (χ1n) is 6.25. The van der Waals surface area contributed by atoms with Crippen LogP contribution in [0.3, 0.4) is 0 Å². The lowest BCUT2D eigenvalue weighted by Crippen LogP contribution is -2.25. The maximum atomic E-state index is 5.80. The Morgan fingerprint density at radius 2 is 1.24 bits per heavy atom. The van der Waals surface area contributed by atoms with Gasteiger partial charge in [0.2, 0.25) is 16.6 Å². The Labute approximate surface area is 110 Å². The van der Waals surface area contributed by atoms with Crippen LogP contribution < -0.4 is 0 Å². The second-order valence-electron chi connectivity index (χ2n) is 5.65. The minimum atomic E-state index is -1.53. The minimum Gasteiger partial charge on any atom is -0.547 e. The third kappa shape index (κ3) is 15.5. The molecule has 0 saturated carbocycles. The van der Waals surface area contributed by atoms with Crippen molar-refractivity contribution in [1.29, 1.82) is 0 Å². The minimum absolute atomic E-state index is 0.713. The lowest BCUT2D eigenvalue weighted by atomic mass is 10.4. The van der Waals surface area contributed by atoms with E-state index in [-0.39, 0.29) is 0 Å². The van der Waals surface area contributed by atoms with Crippen LogP contribution in [0.1, 0.15) is 20.8 Å². The van der Waals surface area contributed by atoms with Gasteiger partial charge in [-0.05, 0) is 46.2 Å². The predicted octanol–water partition coefficient (Wildman–Crippen LogP) is 5.13. The second-order valence-corrected chi connectivity index (χ2v) is 14.5. The van der Waals surface area contributed by atoms with E-state index in [4.69, 9.17) is 8.85 Å². The van der Waals surface area contributed by atoms with Crippen molar-refractivity contribution in [2.24, 2.45) is 0 Å². The van der Waals surface area contributed by atoms with Crippen LogP contribution in [0.4, 0.5) is 0 Å². The Morgan fingerprint density at radius 1 is 0.882 bits per heavy atom. The maximum absolute atomic E-state index is 5.80. The molecule has 4 heteroatoms. The van der Waals surface area contributed by atoms with Gasteiger partial charge in [0.1, 0.15) is 0 Å². The van der Waals surface area contributed by atoms with Crippen LogP contribution in [-0.4, -0.2) is 16.6 Å². The zero-order chi connectivity index (χ0) is 14.3. The van der Waals surface area contributed by atoms with E-state index in [9.17, 15) is 0 Å². The molecule has 0 fully saturated rings. The Hall–Kier alpha value is -0.486. The van der Waals surface area contributed by atoms with Gasteiger partial charge >= 0.3 is 0 Å². The molecular weight excluding hydrogens is 244 g/mol. The molecule has 0 amide bonds. The molecule has 0 rings (SSSR count). The highest BCUT2D eigenvalue weighted by molar-refractivity contribution is 6.70. The van der Waals surface area contributed by atoms with Crippen molar-refractivity contribution < 1.29 is 8.85 Å². The largest absolute Gasteiger partial charge is 0.547 e. The van der Waals surface area contributed by atoms with Crippen LogP contribution >= 0.6 is 0 Å². The van der Waals surface area contributed by atoms with Gasteiger partial charge in [0.05, 0.1) is 11.5 Å². The van der Waals surface area contributed by atoms with Crippen LogP contribution in [0, 0.1) is 0 Å². The Bertz CT molecular complexity index is 258. The molecular formula is C13H30O2Si2. The van der Waals surface area contributed by atoms with Crippen LogP contribution in [0.25, 0.3) is 0 Å². The first-order valence-corrected chi connectivity index (χ1v) is 13.1. The first kappa shape index (κ1) is 18.9. The summed E-state index contributed by atoms with van der Waals surface area (Å²) in [4.78, 5) is 0. The van der Waals surface area contributed by atoms with Gasteiger partial charge in [0.15, 0.2) is 0 Å². The van der Waals surface area contributed by atoms with E-state index < -0.39 is 16.6 Å². The number of allylic oxidation sites excluding steroid dienone is 2. The zero-order valence-corrected chi connectivity index (χ0v) is 15.1. The summed E-state index contributed by atoms with van der Waals surface area (Å²) in [5.41, 5.74) is 0. The molecule has 0 bridgehead atoms. The van der Waals surface area contributed by atoms with Gasteiger partial charge in [0, 0.05) is 6.08 Å². The predicted molar refractivity (Wildman–Crippen MR) is 83.1 cm³/mol. The van der Waals surface area contributed by atoms with Crippen molar-refractivity contribution in [2.45, 2.75) is 60.1 Å². The summed E-state index contributed by atoms with van der Waals surface area (Å²) in [7, 11) is -3.03. The van der Waals surface area contributed by atoms with E-state index in [2.05, 4.69) is 45.9 Å². The molecule has 0 radical (unpaired) electrons. The lowest BCUT2D eigenvalue weighted by Gasteiger charge is -2.22. The van der Waals surface area contributed by atoms with E-state index in [1.54, 1.807) is 0 Å². The first-order chi connectivity index (χ1) is 7.49. The van der Waals surface area contributed by atoms with Gasteiger partial charge in [0.25, 0.3) is 0 Å². The molecule has 0 unspecified atom stereocenters. The van der Waals surface area contributed by atoms with Crippen molar-refractivity contribution in [3.8, 4) is 0 Å². The van der Waals surface area contributed by atoms with E-state index in [1.807, 2.05) is 26.8 Å². The normalized spacial score (nSPS) is 12.4. The van der Waals surface area contributed by atoms with Crippen molar-refractivity contribution in [1.82, 2.24) is 0 Å². The molecule has 0 aromatic heterocycles. The van der Waals surface area contributed by atoms with Crippen LogP contribution in [0.15, 0.2) is 24.2 Å². The highest BCUT2D eigenvalue weighted by atomic mass is 28.4. The topological polar surface area (TPSA) is 18.5 Å². The molecule has 0 spiro atoms. The monoisotopic (exact) mass is 274 g/mol. The van der Waals surface area contributed by atoms with Gasteiger partial charge in [-0.2, -0.15) is 0 Å². The quantitative estimate of drug-likeness (QED) is 0.393. The molecule has 0 aliphatic carbocycles. The molecule has 0 aliphatic rings. The molecule has 0 atom stereocenters. The zero-order valence-electron chi connectivity index (χ0n) is 13.1. The highest BCUT2D eigenvalue weighted by Gasteiger charge is 2.18. The number of rotatable bonds is 5. The van der Waals surface area contributed by atoms with Crippen molar-refractivity contribution in [3.63, 3.8) is 0 Å². The van der Waals surface area contributed by atoms with Crippen molar-refractivity contribution in [3.05, 3.63) is 24.2 Å². The van der Waals surface area contributed by atoms with Crippen molar-refractivity contribution >= 4 is 16.6 Å². The molecule has 0 heterocycles. The summed E-state index contributed by atoms with van der Waals surface area (Å²) in [6, 6.07) is 0.